The topological polar surface area (TPSA) is 78.4 Å². The Balaban J connectivity index is 2.61. The number of anilines is 1. The lowest BCUT2D eigenvalue weighted by atomic mass is 10.2. The second-order valence-corrected chi connectivity index (χ2v) is 5.29. The van der Waals surface area contributed by atoms with E-state index in [-0.39, 0.29) is 10.8 Å². The lowest BCUT2D eigenvalue weighted by Gasteiger charge is -2.11. The molecule has 106 valence electrons. The van der Waals surface area contributed by atoms with Crippen molar-refractivity contribution >= 4 is 33.1 Å². The largest absolute Gasteiger partial charge is 0.416 e. The van der Waals surface area contributed by atoms with E-state index >= 15 is 0 Å². The number of nitrogens with one attached hydrogen (secondary N) is 2. The Hall–Kier alpha value is -1.39. The van der Waals surface area contributed by atoms with Gasteiger partial charge in [0.2, 0.25) is 0 Å². The van der Waals surface area contributed by atoms with Crippen molar-refractivity contribution < 1.29 is 26.1 Å². The van der Waals surface area contributed by atoms with Crippen LogP contribution in [0, 0.1) is 0 Å². The third-order valence-corrected chi connectivity index (χ3v) is 2.64. The molecule has 0 unspecified atom stereocenters. The fraction of sp³-hybridized carbons (Fsp3) is 0.222. The first-order valence-electron chi connectivity index (χ1n) is 4.75. The van der Waals surface area contributed by atoms with Crippen molar-refractivity contribution in [3.05, 3.63) is 29.8 Å². The molecule has 3 N–H and O–H groups in total. The molecule has 0 aliphatic heterocycles. The molecule has 0 bridgehead atoms. The van der Waals surface area contributed by atoms with E-state index in [1.165, 1.54) is 0 Å². The van der Waals surface area contributed by atoms with E-state index in [1.807, 2.05) is 0 Å². The van der Waals surface area contributed by atoms with Crippen molar-refractivity contribution in [3.8, 4) is 0 Å². The molecule has 0 heterocycles. The van der Waals surface area contributed by atoms with Crippen LogP contribution in [-0.2, 0) is 16.3 Å². The summed E-state index contributed by atoms with van der Waals surface area (Å²) in [5, 5.41) is 4.51. The second-order valence-electron chi connectivity index (χ2n) is 3.43. The summed E-state index contributed by atoms with van der Waals surface area (Å²) in [7, 11) is -4.22. The molecule has 1 rings (SSSR count). The molecule has 0 radical (unpaired) electrons. The summed E-state index contributed by atoms with van der Waals surface area (Å²) in [4.78, 5) is 0. The normalized spacial score (nSPS) is 12.0. The standard InChI is InChI=1S/C9H9F3N2O3S2/c10-9(11,12)6-1-3-7(4-2-6)14-8(18)13-5-19(15,16)17/h1-4H,5H2,(H2,13,14,18)(H,15,16,17). The van der Waals surface area contributed by atoms with Crippen LogP contribution in [0.2, 0.25) is 0 Å². The van der Waals surface area contributed by atoms with Gasteiger partial charge in [0, 0.05) is 5.69 Å². The van der Waals surface area contributed by atoms with Gasteiger partial charge in [-0.15, -0.1) is 0 Å². The maximum absolute atomic E-state index is 12.3. The summed E-state index contributed by atoms with van der Waals surface area (Å²) in [6.45, 7) is 0. The van der Waals surface area contributed by atoms with Crippen LogP contribution in [-0.4, -0.2) is 24.0 Å². The average molecular weight is 314 g/mol. The maximum atomic E-state index is 12.3. The van der Waals surface area contributed by atoms with Gasteiger partial charge in [-0.3, -0.25) is 4.55 Å². The van der Waals surface area contributed by atoms with Crippen LogP contribution >= 0.6 is 12.2 Å². The highest BCUT2D eigenvalue weighted by atomic mass is 32.2. The fourth-order valence-electron chi connectivity index (χ4n) is 1.07. The van der Waals surface area contributed by atoms with Gasteiger partial charge in [0.15, 0.2) is 5.11 Å². The zero-order valence-corrected chi connectivity index (χ0v) is 10.9. The lowest BCUT2D eigenvalue weighted by molar-refractivity contribution is -0.137. The Morgan fingerprint density at radius 2 is 1.79 bits per heavy atom. The van der Waals surface area contributed by atoms with Gasteiger partial charge in [0.25, 0.3) is 10.1 Å². The van der Waals surface area contributed by atoms with E-state index in [0.29, 0.717) is 0 Å². The maximum Gasteiger partial charge on any atom is 0.416 e. The molecule has 0 spiro atoms. The smallest absolute Gasteiger partial charge is 0.347 e. The summed E-state index contributed by atoms with van der Waals surface area (Å²) in [6, 6.07) is 4.00. The van der Waals surface area contributed by atoms with E-state index in [1.54, 1.807) is 0 Å². The SMILES string of the molecule is O=S(=O)(O)CNC(=S)Nc1ccc(C(F)(F)F)cc1. The van der Waals surface area contributed by atoms with Crippen LogP contribution in [0.25, 0.3) is 0 Å². The second kappa shape index (κ2) is 5.72. The van der Waals surface area contributed by atoms with Gasteiger partial charge in [0.05, 0.1) is 5.56 Å². The number of hydrogen-bond acceptors (Lipinski definition) is 3. The first kappa shape index (κ1) is 15.7. The molecule has 10 heteroatoms. The van der Waals surface area contributed by atoms with Gasteiger partial charge in [-0.2, -0.15) is 21.6 Å². The lowest BCUT2D eigenvalue weighted by Crippen LogP contribution is -2.32. The number of thiocarbonyl (C=S) groups is 1. The number of rotatable bonds is 3. The Bertz CT molecular complexity index is 555. The summed E-state index contributed by atoms with van der Waals surface area (Å²) < 4.78 is 66.1. The molecular weight excluding hydrogens is 305 g/mol. The minimum atomic E-state index is -4.43. The number of halogens is 3. The molecular formula is C9H9F3N2O3S2. The van der Waals surface area contributed by atoms with Crippen LogP contribution in [0.15, 0.2) is 24.3 Å². The Morgan fingerprint density at radius 3 is 2.21 bits per heavy atom. The Morgan fingerprint density at radius 1 is 1.26 bits per heavy atom. The molecule has 0 atom stereocenters. The van der Waals surface area contributed by atoms with E-state index in [2.05, 4.69) is 10.6 Å². The highest BCUT2D eigenvalue weighted by Gasteiger charge is 2.29. The molecule has 0 fully saturated rings. The van der Waals surface area contributed by atoms with Crippen LogP contribution < -0.4 is 10.6 Å². The van der Waals surface area contributed by atoms with Gasteiger partial charge in [-0.1, -0.05) is 0 Å². The molecule has 1 aromatic rings. The van der Waals surface area contributed by atoms with Crippen molar-refractivity contribution in [2.45, 2.75) is 6.18 Å². The van der Waals surface area contributed by atoms with Gasteiger partial charge >= 0.3 is 6.18 Å². The minimum absolute atomic E-state index is 0.141. The van der Waals surface area contributed by atoms with E-state index in [0.717, 1.165) is 24.3 Å². The quantitative estimate of drug-likeness (QED) is 0.584. The molecule has 0 saturated carbocycles. The van der Waals surface area contributed by atoms with Crippen LogP contribution in [0.4, 0.5) is 18.9 Å². The van der Waals surface area contributed by atoms with Gasteiger partial charge in [-0.25, -0.2) is 0 Å². The monoisotopic (exact) mass is 314 g/mol. The molecule has 0 aliphatic carbocycles. The molecule has 0 saturated heterocycles. The number of benzene rings is 1. The predicted octanol–water partition coefficient (Wildman–Crippen LogP) is 1.84. The first-order chi connectivity index (χ1) is 8.58. The third-order valence-electron chi connectivity index (χ3n) is 1.89. The summed E-state index contributed by atoms with van der Waals surface area (Å²) in [5.74, 6) is -0.792. The minimum Gasteiger partial charge on any atom is -0.347 e. The Kier molecular flexibility index (Phi) is 4.71. The molecule has 0 aromatic heterocycles. The van der Waals surface area contributed by atoms with Gasteiger partial charge in [-0.05, 0) is 36.5 Å². The van der Waals surface area contributed by atoms with Crippen molar-refractivity contribution in [3.63, 3.8) is 0 Å². The third kappa shape index (κ3) is 5.85. The van der Waals surface area contributed by atoms with E-state index < -0.39 is 27.7 Å². The van der Waals surface area contributed by atoms with Gasteiger partial charge in [0.1, 0.15) is 5.88 Å². The number of alkyl halides is 3. The fourth-order valence-corrected chi connectivity index (χ4v) is 1.68. The average Bonchev–Trinajstić information content (AvgIpc) is 2.25. The molecule has 0 amide bonds. The molecule has 5 nitrogen and oxygen atoms in total. The van der Waals surface area contributed by atoms with Gasteiger partial charge < -0.3 is 10.6 Å². The summed E-state index contributed by atoms with van der Waals surface area (Å²) >= 11 is 4.69. The zero-order chi connectivity index (χ0) is 14.7. The summed E-state index contributed by atoms with van der Waals surface area (Å²) in [6.07, 6.45) is -4.43. The predicted molar refractivity (Wildman–Crippen MR) is 67.2 cm³/mol. The van der Waals surface area contributed by atoms with Crippen molar-refractivity contribution in [1.82, 2.24) is 5.32 Å². The van der Waals surface area contributed by atoms with Crippen molar-refractivity contribution in [1.29, 1.82) is 0 Å². The van der Waals surface area contributed by atoms with E-state index in [4.69, 9.17) is 16.8 Å². The number of hydrogen-bond donors (Lipinski definition) is 3. The van der Waals surface area contributed by atoms with E-state index in [9.17, 15) is 21.6 Å². The highest BCUT2D eigenvalue weighted by Crippen LogP contribution is 2.29. The van der Waals surface area contributed by atoms with Crippen LogP contribution in [0.1, 0.15) is 5.56 Å². The highest BCUT2D eigenvalue weighted by molar-refractivity contribution is 7.86. The van der Waals surface area contributed by atoms with Crippen LogP contribution in [0.5, 0.6) is 0 Å². The summed E-state index contributed by atoms with van der Waals surface area (Å²) in [5.41, 5.74) is -0.560. The first-order valence-corrected chi connectivity index (χ1v) is 6.77. The van der Waals surface area contributed by atoms with Crippen molar-refractivity contribution in [2.75, 3.05) is 11.2 Å². The Labute approximate surface area is 112 Å². The van der Waals surface area contributed by atoms with Crippen LogP contribution in [0.3, 0.4) is 0 Å². The molecule has 1 aromatic carbocycles. The molecule has 0 aliphatic rings. The molecule has 19 heavy (non-hydrogen) atoms. The van der Waals surface area contributed by atoms with Crippen molar-refractivity contribution in [2.24, 2.45) is 0 Å². The zero-order valence-electron chi connectivity index (χ0n) is 9.23.